The maximum Gasteiger partial charge on any atom is 0.349 e. The lowest BCUT2D eigenvalue weighted by atomic mass is 10.2. The van der Waals surface area contributed by atoms with E-state index in [9.17, 15) is 4.79 Å². The van der Waals surface area contributed by atoms with Crippen molar-refractivity contribution in [2.75, 3.05) is 7.11 Å². The largest absolute Gasteiger partial charge is 0.497 e. The van der Waals surface area contributed by atoms with E-state index in [1.54, 1.807) is 55.6 Å². The van der Waals surface area contributed by atoms with E-state index in [0.29, 0.717) is 21.8 Å². The van der Waals surface area contributed by atoms with Crippen LogP contribution in [0.1, 0.15) is 0 Å². The summed E-state index contributed by atoms with van der Waals surface area (Å²) in [5.74, 6) is 1.17. The van der Waals surface area contributed by atoms with Crippen LogP contribution in [0.5, 0.6) is 5.75 Å². The van der Waals surface area contributed by atoms with Crippen molar-refractivity contribution in [3.8, 4) is 28.6 Å². The molecule has 6 nitrogen and oxygen atoms in total. The number of nitrogens with zero attached hydrogens (tertiary/aromatic N) is 2. The van der Waals surface area contributed by atoms with Gasteiger partial charge in [-0.25, -0.2) is 4.79 Å². The molecule has 25 heavy (non-hydrogen) atoms. The van der Waals surface area contributed by atoms with Crippen LogP contribution in [-0.4, -0.2) is 17.3 Å². The molecule has 4 rings (SSSR count). The van der Waals surface area contributed by atoms with Crippen LogP contribution in [-0.2, 0) is 0 Å². The molecule has 2 aromatic carbocycles. The van der Waals surface area contributed by atoms with Gasteiger partial charge in [0.05, 0.1) is 7.11 Å². The molecule has 2 heterocycles. The van der Waals surface area contributed by atoms with Gasteiger partial charge in [-0.2, -0.15) is 4.98 Å². The van der Waals surface area contributed by atoms with Crippen LogP contribution in [0.2, 0.25) is 5.02 Å². The highest BCUT2D eigenvalue weighted by molar-refractivity contribution is 6.31. The lowest BCUT2D eigenvalue weighted by Gasteiger charge is -1.99. The van der Waals surface area contributed by atoms with E-state index in [4.69, 9.17) is 25.3 Å². The van der Waals surface area contributed by atoms with E-state index in [-0.39, 0.29) is 11.5 Å². The highest BCUT2D eigenvalue weighted by Crippen LogP contribution is 2.25. The summed E-state index contributed by atoms with van der Waals surface area (Å²) in [5.41, 5.74) is 0.804. The minimum atomic E-state index is -0.556. The van der Waals surface area contributed by atoms with Crippen molar-refractivity contribution in [2.45, 2.75) is 0 Å². The van der Waals surface area contributed by atoms with E-state index in [1.165, 1.54) is 0 Å². The van der Waals surface area contributed by atoms with Crippen LogP contribution in [0.15, 0.2) is 62.3 Å². The number of ether oxygens (including phenoxy) is 1. The smallest absolute Gasteiger partial charge is 0.349 e. The number of fused-ring (bicyclic) bond motifs is 1. The summed E-state index contributed by atoms with van der Waals surface area (Å²) in [6.45, 7) is 0. The van der Waals surface area contributed by atoms with Crippen molar-refractivity contribution in [3.05, 3.63) is 64.0 Å². The Bertz CT molecular complexity index is 1120. The molecule has 0 atom stereocenters. The first-order valence-corrected chi connectivity index (χ1v) is 7.74. The normalized spacial score (nSPS) is 11.0. The third-order valence-corrected chi connectivity index (χ3v) is 3.93. The molecule has 0 aliphatic rings. The van der Waals surface area contributed by atoms with Crippen LogP contribution in [0.25, 0.3) is 33.8 Å². The number of hydrogen-bond donors (Lipinski definition) is 0. The summed E-state index contributed by atoms with van der Waals surface area (Å²) in [6, 6.07) is 13.8. The fraction of sp³-hybridized carbons (Fsp3) is 0.0556. The maximum absolute atomic E-state index is 12.2. The fourth-order valence-corrected chi connectivity index (χ4v) is 2.61. The van der Waals surface area contributed by atoms with E-state index in [2.05, 4.69) is 10.1 Å². The summed E-state index contributed by atoms with van der Waals surface area (Å²) in [5, 5.41) is 5.13. The summed E-state index contributed by atoms with van der Waals surface area (Å²) in [4.78, 5) is 16.5. The molecule has 0 aliphatic heterocycles. The van der Waals surface area contributed by atoms with Crippen LogP contribution in [0.3, 0.4) is 0 Å². The van der Waals surface area contributed by atoms with Gasteiger partial charge in [0.15, 0.2) is 0 Å². The second-order valence-electron chi connectivity index (χ2n) is 5.28. The number of hydrogen-bond acceptors (Lipinski definition) is 6. The lowest BCUT2D eigenvalue weighted by molar-refractivity contribution is 0.414. The Balaban J connectivity index is 1.77. The Labute approximate surface area is 146 Å². The summed E-state index contributed by atoms with van der Waals surface area (Å²) < 4.78 is 15.6. The average Bonchev–Trinajstić information content (AvgIpc) is 3.11. The van der Waals surface area contributed by atoms with Gasteiger partial charge in [-0.05, 0) is 48.5 Å². The van der Waals surface area contributed by atoms with Crippen LogP contribution in [0, 0.1) is 0 Å². The molecule has 0 unspecified atom stereocenters. The van der Waals surface area contributed by atoms with Gasteiger partial charge in [-0.1, -0.05) is 16.8 Å². The number of benzene rings is 2. The highest BCUT2D eigenvalue weighted by atomic mass is 35.5. The van der Waals surface area contributed by atoms with Gasteiger partial charge in [0.25, 0.3) is 5.89 Å². The minimum Gasteiger partial charge on any atom is -0.497 e. The highest BCUT2D eigenvalue weighted by Gasteiger charge is 2.16. The number of halogens is 1. The molecular weight excluding hydrogens is 344 g/mol. The zero-order chi connectivity index (χ0) is 17.4. The Morgan fingerprint density at radius 2 is 1.88 bits per heavy atom. The molecule has 0 radical (unpaired) electrons. The molecule has 124 valence electrons. The first kappa shape index (κ1) is 15.4. The van der Waals surface area contributed by atoms with Gasteiger partial charge in [0.1, 0.15) is 16.9 Å². The van der Waals surface area contributed by atoms with Crippen molar-refractivity contribution in [2.24, 2.45) is 0 Å². The molecule has 7 heteroatoms. The third kappa shape index (κ3) is 2.88. The van der Waals surface area contributed by atoms with Gasteiger partial charge >= 0.3 is 5.63 Å². The minimum absolute atomic E-state index is 0.0847. The third-order valence-electron chi connectivity index (χ3n) is 3.70. The van der Waals surface area contributed by atoms with Crippen molar-refractivity contribution in [3.63, 3.8) is 0 Å². The second kappa shape index (κ2) is 6.07. The number of methoxy groups -OCH3 is 1. The van der Waals surface area contributed by atoms with Gasteiger partial charge < -0.3 is 13.7 Å². The Kier molecular flexibility index (Phi) is 3.74. The monoisotopic (exact) mass is 354 g/mol. The molecule has 4 aromatic rings. The summed E-state index contributed by atoms with van der Waals surface area (Å²) in [6.07, 6.45) is 0. The zero-order valence-electron chi connectivity index (χ0n) is 13.0. The van der Waals surface area contributed by atoms with Crippen molar-refractivity contribution >= 4 is 22.6 Å². The van der Waals surface area contributed by atoms with E-state index in [1.807, 2.05) is 0 Å². The summed E-state index contributed by atoms with van der Waals surface area (Å²) >= 11 is 5.98. The topological polar surface area (TPSA) is 78.4 Å². The lowest BCUT2D eigenvalue weighted by Crippen LogP contribution is -2.02. The quantitative estimate of drug-likeness (QED) is 0.514. The molecule has 0 aliphatic carbocycles. The number of rotatable bonds is 3. The SMILES string of the molecule is COc1ccc(-c2noc(-c3cc4cc(Cl)ccc4oc3=O)n2)cc1. The molecule has 0 fully saturated rings. The second-order valence-corrected chi connectivity index (χ2v) is 5.72. The Morgan fingerprint density at radius 3 is 2.64 bits per heavy atom. The van der Waals surface area contributed by atoms with Crippen molar-refractivity contribution in [1.82, 2.24) is 10.1 Å². The first-order valence-electron chi connectivity index (χ1n) is 7.36. The molecule has 0 bridgehead atoms. The molecule has 0 spiro atoms. The molecule has 0 saturated carbocycles. The van der Waals surface area contributed by atoms with Gasteiger partial charge in [0.2, 0.25) is 5.82 Å². The van der Waals surface area contributed by atoms with E-state index >= 15 is 0 Å². The van der Waals surface area contributed by atoms with Crippen molar-refractivity contribution in [1.29, 1.82) is 0 Å². The molecule has 0 saturated heterocycles. The van der Waals surface area contributed by atoms with E-state index < -0.39 is 5.63 Å². The predicted molar refractivity (Wildman–Crippen MR) is 92.8 cm³/mol. The van der Waals surface area contributed by atoms with Crippen LogP contribution < -0.4 is 10.4 Å². The van der Waals surface area contributed by atoms with Gasteiger partial charge in [0, 0.05) is 16.0 Å². The van der Waals surface area contributed by atoms with Crippen molar-refractivity contribution < 1.29 is 13.7 Å². The first-order chi connectivity index (χ1) is 12.1. The van der Waals surface area contributed by atoms with Gasteiger partial charge in [-0.3, -0.25) is 0 Å². The summed E-state index contributed by atoms with van der Waals surface area (Å²) in [7, 11) is 1.59. The zero-order valence-corrected chi connectivity index (χ0v) is 13.8. The van der Waals surface area contributed by atoms with Crippen LogP contribution >= 0.6 is 11.6 Å². The standard InChI is InChI=1S/C18H11ClN2O4/c1-23-13-5-2-10(3-6-13)16-20-17(25-21-16)14-9-11-8-12(19)4-7-15(11)24-18(14)22/h2-9H,1H3. The average molecular weight is 355 g/mol. The van der Waals surface area contributed by atoms with Crippen LogP contribution in [0.4, 0.5) is 0 Å². The Morgan fingerprint density at radius 1 is 1.08 bits per heavy atom. The molecular formula is C18H11ClN2O4. The van der Waals surface area contributed by atoms with E-state index in [0.717, 1.165) is 11.3 Å². The maximum atomic E-state index is 12.2. The molecule has 0 amide bonds. The fourth-order valence-electron chi connectivity index (χ4n) is 2.43. The van der Waals surface area contributed by atoms with Gasteiger partial charge in [-0.15, -0.1) is 0 Å². The predicted octanol–water partition coefficient (Wildman–Crippen LogP) is 4.17. The Hall–Kier alpha value is -3.12. The molecule has 0 N–H and O–H groups in total. The number of aromatic nitrogens is 2. The molecule has 2 aromatic heterocycles.